The van der Waals surface area contributed by atoms with Gasteiger partial charge in [-0.15, -0.1) is 11.3 Å². The Hall–Kier alpha value is -9.46. The van der Waals surface area contributed by atoms with Gasteiger partial charge in [0.2, 0.25) is 0 Å². The normalized spacial score (nSPS) is 13.6. The van der Waals surface area contributed by atoms with Crippen molar-refractivity contribution in [2.45, 2.75) is 0 Å². The van der Waals surface area contributed by atoms with Crippen molar-refractivity contribution < 1.29 is 0 Å². The largest absolute Gasteiger partial charge is 0.311 e. The summed E-state index contributed by atoms with van der Waals surface area (Å²) in [5.41, 5.74) is 19.3. The summed E-state index contributed by atoms with van der Waals surface area (Å²) < 4.78 is 2.61. The second-order valence-corrected chi connectivity index (χ2v) is 25.6. The minimum Gasteiger partial charge on any atom is -0.311 e. The molecule has 0 aliphatic carbocycles. The molecule has 12 aromatic carbocycles. The van der Waals surface area contributed by atoms with Gasteiger partial charge in [0.05, 0.1) is 0 Å². The Bertz CT molecular complexity index is 4330. The van der Waals surface area contributed by atoms with Gasteiger partial charge < -0.3 is 14.7 Å². The van der Waals surface area contributed by atoms with Crippen LogP contribution in [0.3, 0.4) is 0 Å². The first-order valence-corrected chi connectivity index (χ1v) is 29.8. The third-order valence-electron chi connectivity index (χ3n) is 16.7. The minimum atomic E-state index is -3.10. The van der Waals surface area contributed by atoms with E-state index >= 15 is 0 Å². The highest BCUT2D eigenvalue weighted by atomic mass is 32.1. The molecule has 0 saturated heterocycles. The Morgan fingerprint density at radius 2 is 0.756 bits per heavy atom. The van der Waals surface area contributed by atoms with Crippen LogP contribution in [0.25, 0.3) is 42.4 Å². The van der Waals surface area contributed by atoms with E-state index in [1.165, 1.54) is 114 Å². The van der Waals surface area contributed by atoms with E-state index in [1.807, 2.05) is 11.3 Å². The van der Waals surface area contributed by atoms with Gasteiger partial charge in [-0.05, 0) is 138 Å². The van der Waals surface area contributed by atoms with Crippen LogP contribution in [0.5, 0.6) is 0 Å². The molecule has 13 aromatic rings. The van der Waals surface area contributed by atoms with Crippen LogP contribution in [0.4, 0.5) is 51.2 Å². The van der Waals surface area contributed by atoms with E-state index in [1.54, 1.807) is 0 Å². The second kappa shape index (κ2) is 17.8. The third-order valence-corrected chi connectivity index (χ3v) is 22.6. The van der Waals surface area contributed by atoms with Crippen molar-refractivity contribution >= 4 is 135 Å². The predicted octanol–water partition coefficient (Wildman–Crippen LogP) is 14.6. The van der Waals surface area contributed by atoms with Crippen LogP contribution in [-0.2, 0) is 0 Å². The zero-order chi connectivity index (χ0) is 51.3. The molecule has 364 valence electrons. The number of hydrogen-bond donors (Lipinski definition) is 0. The van der Waals surface area contributed by atoms with Crippen LogP contribution in [0.15, 0.2) is 291 Å². The number of rotatable bonds is 7. The maximum atomic E-state index is 2.59. The molecule has 0 spiro atoms. The van der Waals surface area contributed by atoms with Crippen LogP contribution in [0, 0.1) is 0 Å². The second-order valence-electron chi connectivity index (χ2n) is 20.7. The Kier molecular flexibility index (Phi) is 10.2. The maximum Gasteiger partial charge on any atom is 0.252 e. The van der Waals surface area contributed by atoms with E-state index in [2.05, 4.69) is 306 Å². The molecule has 4 heterocycles. The fourth-order valence-corrected chi connectivity index (χ4v) is 19.7. The van der Waals surface area contributed by atoms with Crippen LogP contribution < -0.4 is 51.8 Å². The third kappa shape index (κ3) is 6.70. The summed E-state index contributed by atoms with van der Waals surface area (Å²) >= 11 is 1.89. The first-order valence-electron chi connectivity index (χ1n) is 26.9. The minimum absolute atomic E-state index is 0.0442. The number of nitrogens with zero attached hydrogens (tertiary/aromatic N) is 3. The smallest absolute Gasteiger partial charge is 0.252 e. The number of para-hydroxylation sites is 2. The molecule has 1 aromatic heterocycles. The fourth-order valence-electron chi connectivity index (χ4n) is 13.4. The molecule has 0 saturated carbocycles. The molecular formula is C72H48BN3SSi. The molecule has 0 radical (unpaired) electrons. The predicted molar refractivity (Wildman–Crippen MR) is 336 cm³/mol. The average Bonchev–Trinajstić information content (AvgIpc) is 3.77. The summed E-state index contributed by atoms with van der Waals surface area (Å²) in [6.07, 6.45) is 0. The van der Waals surface area contributed by atoms with Gasteiger partial charge in [-0.3, -0.25) is 0 Å². The van der Waals surface area contributed by atoms with E-state index < -0.39 is 8.07 Å². The summed E-state index contributed by atoms with van der Waals surface area (Å²) in [6, 6.07) is 109. The van der Waals surface area contributed by atoms with Gasteiger partial charge in [0, 0.05) is 66.0 Å². The van der Waals surface area contributed by atoms with Gasteiger partial charge >= 0.3 is 0 Å². The monoisotopic (exact) mass is 1030 g/mol. The molecule has 0 bridgehead atoms. The van der Waals surface area contributed by atoms with Crippen molar-refractivity contribution in [1.82, 2.24) is 0 Å². The summed E-state index contributed by atoms with van der Waals surface area (Å²) in [4.78, 5) is 7.64. The molecular weight excluding hydrogens is 978 g/mol. The number of anilines is 9. The molecule has 78 heavy (non-hydrogen) atoms. The standard InChI is InChI=1S/C72H48BN3SSi/c1-7-22-49(23-8-1)51-38-42-62-70(44-51)78(56-30-15-5-16-31-56,57-32-17-6-18-33-57)71-45-52(50-24-9-2-10-25-50)39-43-63(71)76(62)55-40-41-60-66(46-55)74(53-26-11-3-12-27-53)64-35-21-36-65-72(64)73(60)61-47-59-58-34-19-20-37-68(58)77-69(59)48-67(61)75(65)54-28-13-4-14-29-54/h1-48H. The highest BCUT2D eigenvalue weighted by molar-refractivity contribution is 7.26. The Morgan fingerprint density at radius 3 is 1.31 bits per heavy atom. The lowest BCUT2D eigenvalue weighted by Crippen LogP contribution is -2.77. The molecule has 0 amide bonds. The van der Waals surface area contributed by atoms with Crippen LogP contribution in [-0.4, -0.2) is 14.8 Å². The molecule has 0 atom stereocenters. The highest BCUT2D eigenvalue weighted by Gasteiger charge is 2.50. The zero-order valence-electron chi connectivity index (χ0n) is 42.5. The lowest BCUT2D eigenvalue weighted by atomic mass is 9.33. The van der Waals surface area contributed by atoms with Gasteiger partial charge in [0.15, 0.2) is 8.07 Å². The van der Waals surface area contributed by atoms with Gasteiger partial charge in [0.25, 0.3) is 6.71 Å². The van der Waals surface area contributed by atoms with Gasteiger partial charge in [-0.2, -0.15) is 0 Å². The van der Waals surface area contributed by atoms with Crippen molar-refractivity contribution in [2.75, 3.05) is 14.7 Å². The van der Waals surface area contributed by atoms with Crippen molar-refractivity contribution in [1.29, 1.82) is 0 Å². The van der Waals surface area contributed by atoms with Gasteiger partial charge in [0.1, 0.15) is 0 Å². The van der Waals surface area contributed by atoms with E-state index in [0.717, 1.165) is 17.1 Å². The molecule has 0 N–H and O–H groups in total. The molecule has 3 aliphatic rings. The summed E-state index contributed by atoms with van der Waals surface area (Å²) in [5, 5.41) is 8.05. The van der Waals surface area contributed by atoms with Crippen LogP contribution in [0.1, 0.15) is 0 Å². The molecule has 0 fully saturated rings. The number of fused-ring (bicyclic) bond motifs is 9. The number of hydrogen-bond acceptors (Lipinski definition) is 4. The highest BCUT2D eigenvalue weighted by Crippen LogP contribution is 2.48. The fraction of sp³-hybridized carbons (Fsp3) is 0. The Balaban J connectivity index is 0.990. The SMILES string of the molecule is c1ccc(-c2ccc3c(c2)[Si](c2ccccc2)(c2ccccc2)c2cc(-c4ccccc4)ccc2N3c2ccc3c(c2)N(c2ccccc2)c2cccc4c2B3c2cc3c(cc2N4c2ccccc2)sc2ccccc23)cc1. The first-order chi connectivity index (χ1) is 38.7. The molecule has 3 aliphatic heterocycles. The lowest BCUT2D eigenvalue weighted by molar-refractivity contribution is 1.24. The molecule has 0 unspecified atom stereocenters. The van der Waals surface area contributed by atoms with Gasteiger partial charge in [-0.25, -0.2) is 0 Å². The van der Waals surface area contributed by atoms with E-state index in [9.17, 15) is 0 Å². The van der Waals surface area contributed by atoms with Crippen molar-refractivity contribution in [3.8, 4) is 22.3 Å². The molecule has 3 nitrogen and oxygen atoms in total. The summed E-state index contributed by atoms with van der Waals surface area (Å²) in [6.45, 7) is -0.0442. The molecule has 6 heteroatoms. The average molecular weight is 1030 g/mol. The molecule has 16 rings (SSSR count). The van der Waals surface area contributed by atoms with E-state index in [4.69, 9.17) is 0 Å². The number of benzene rings is 12. The lowest BCUT2D eigenvalue weighted by Gasteiger charge is -2.46. The Morgan fingerprint density at radius 1 is 0.282 bits per heavy atom. The summed E-state index contributed by atoms with van der Waals surface area (Å²) in [5.74, 6) is 0. The summed E-state index contributed by atoms with van der Waals surface area (Å²) in [7, 11) is -3.10. The Labute approximate surface area is 459 Å². The van der Waals surface area contributed by atoms with E-state index in [-0.39, 0.29) is 6.71 Å². The van der Waals surface area contributed by atoms with Crippen molar-refractivity contribution in [3.05, 3.63) is 291 Å². The maximum absolute atomic E-state index is 3.10. The quantitative estimate of drug-likeness (QED) is 0.147. The topological polar surface area (TPSA) is 9.72 Å². The van der Waals surface area contributed by atoms with E-state index in [0.29, 0.717) is 0 Å². The van der Waals surface area contributed by atoms with Gasteiger partial charge in [-0.1, -0.05) is 218 Å². The van der Waals surface area contributed by atoms with Crippen molar-refractivity contribution in [3.63, 3.8) is 0 Å². The first kappa shape index (κ1) is 44.8. The number of thiophene rings is 1. The van der Waals surface area contributed by atoms with Crippen LogP contribution >= 0.6 is 11.3 Å². The van der Waals surface area contributed by atoms with Crippen LogP contribution in [0.2, 0.25) is 0 Å². The zero-order valence-corrected chi connectivity index (χ0v) is 44.4. The van der Waals surface area contributed by atoms with Crippen molar-refractivity contribution in [2.24, 2.45) is 0 Å².